The lowest BCUT2D eigenvalue weighted by atomic mass is 10.1. The smallest absolute Gasteiger partial charge is 0.130 e. The topological polar surface area (TPSA) is 80.6 Å². The number of nitrogens with one attached hydrogen (secondary N) is 2. The summed E-state index contributed by atoms with van der Waals surface area (Å²) >= 11 is 0. The number of imidazole rings is 1. The fraction of sp³-hybridized carbons (Fsp3) is 0.208. The number of aryl methyl sites for hydroxylation is 2. The van der Waals surface area contributed by atoms with Crippen LogP contribution >= 0.6 is 0 Å². The average molecular weight is 412 g/mol. The lowest BCUT2D eigenvalue weighted by Gasteiger charge is -2.11. The number of methoxy groups -OCH3 is 1. The third kappa shape index (κ3) is 3.59. The summed E-state index contributed by atoms with van der Waals surface area (Å²) in [5, 5.41) is 4.57. The molecule has 0 spiro atoms. The molecule has 2 N–H and O–H groups in total. The predicted molar refractivity (Wildman–Crippen MR) is 124 cm³/mol. The van der Waals surface area contributed by atoms with Gasteiger partial charge >= 0.3 is 0 Å². The molecule has 0 aliphatic carbocycles. The molecule has 2 aromatic carbocycles. The van der Waals surface area contributed by atoms with Crippen LogP contribution in [0.5, 0.6) is 5.75 Å². The molecule has 0 aliphatic heterocycles. The van der Waals surface area contributed by atoms with E-state index < -0.39 is 0 Å². The summed E-state index contributed by atoms with van der Waals surface area (Å²) in [6.45, 7) is 5.64. The SMILES string of the molecule is COc1cccc2c1cc(C)n2CCNc1cc(-c2ccc3nc(C)[nH]c3c2)ncn1. The van der Waals surface area contributed by atoms with Crippen molar-refractivity contribution in [3.05, 3.63) is 66.4 Å². The Morgan fingerprint density at radius 2 is 1.97 bits per heavy atom. The van der Waals surface area contributed by atoms with E-state index in [0.29, 0.717) is 0 Å². The van der Waals surface area contributed by atoms with Crippen LogP contribution in [0.1, 0.15) is 11.5 Å². The first-order valence-corrected chi connectivity index (χ1v) is 10.3. The Morgan fingerprint density at radius 3 is 2.84 bits per heavy atom. The Labute approximate surface area is 180 Å². The fourth-order valence-corrected chi connectivity index (χ4v) is 4.07. The molecule has 0 bridgehead atoms. The molecule has 7 heteroatoms. The van der Waals surface area contributed by atoms with Crippen LogP contribution in [0.15, 0.2) is 54.9 Å². The van der Waals surface area contributed by atoms with Crippen molar-refractivity contribution in [2.45, 2.75) is 20.4 Å². The fourth-order valence-electron chi connectivity index (χ4n) is 4.07. The molecule has 3 aromatic heterocycles. The molecular weight excluding hydrogens is 388 g/mol. The summed E-state index contributed by atoms with van der Waals surface area (Å²) in [5.41, 5.74) is 6.24. The third-order valence-corrected chi connectivity index (χ3v) is 5.54. The summed E-state index contributed by atoms with van der Waals surface area (Å²) in [7, 11) is 1.71. The number of ether oxygens (including phenoxy) is 1. The van der Waals surface area contributed by atoms with Crippen LogP contribution in [0.3, 0.4) is 0 Å². The number of anilines is 1. The van der Waals surface area contributed by atoms with E-state index in [1.165, 1.54) is 11.2 Å². The van der Waals surface area contributed by atoms with Gasteiger partial charge in [0.2, 0.25) is 0 Å². The minimum atomic E-state index is 0.747. The van der Waals surface area contributed by atoms with Crippen molar-refractivity contribution in [2.75, 3.05) is 19.0 Å². The van der Waals surface area contributed by atoms with E-state index in [4.69, 9.17) is 4.74 Å². The van der Waals surface area contributed by atoms with Crippen molar-refractivity contribution in [1.29, 1.82) is 0 Å². The predicted octanol–water partition coefficient (Wildman–Crippen LogP) is 4.71. The van der Waals surface area contributed by atoms with Gasteiger partial charge in [-0.05, 0) is 44.2 Å². The Kier molecular flexibility index (Phi) is 4.78. The molecule has 0 aliphatic rings. The van der Waals surface area contributed by atoms with Gasteiger partial charge in [-0.15, -0.1) is 0 Å². The molecule has 0 saturated carbocycles. The zero-order chi connectivity index (χ0) is 21.4. The van der Waals surface area contributed by atoms with Gasteiger partial charge in [-0.25, -0.2) is 15.0 Å². The van der Waals surface area contributed by atoms with Gasteiger partial charge in [0.05, 0.1) is 29.4 Å². The summed E-state index contributed by atoms with van der Waals surface area (Å²) in [4.78, 5) is 16.6. The number of fused-ring (bicyclic) bond motifs is 2. The molecule has 0 unspecified atom stereocenters. The maximum atomic E-state index is 5.50. The Hall–Kier alpha value is -3.87. The summed E-state index contributed by atoms with van der Waals surface area (Å²) < 4.78 is 7.79. The van der Waals surface area contributed by atoms with Crippen LogP contribution in [-0.4, -0.2) is 38.2 Å². The van der Waals surface area contributed by atoms with Gasteiger partial charge in [0.25, 0.3) is 0 Å². The second kappa shape index (κ2) is 7.75. The number of rotatable bonds is 6. The van der Waals surface area contributed by atoms with E-state index in [-0.39, 0.29) is 0 Å². The quantitative estimate of drug-likeness (QED) is 0.422. The van der Waals surface area contributed by atoms with Crippen molar-refractivity contribution < 1.29 is 4.74 Å². The highest BCUT2D eigenvalue weighted by Crippen LogP contribution is 2.28. The van der Waals surface area contributed by atoms with E-state index in [1.807, 2.05) is 37.3 Å². The highest BCUT2D eigenvalue weighted by molar-refractivity contribution is 5.87. The van der Waals surface area contributed by atoms with Crippen LogP contribution in [0.2, 0.25) is 0 Å². The van der Waals surface area contributed by atoms with Crippen molar-refractivity contribution in [2.24, 2.45) is 0 Å². The standard InChI is InChI=1S/C24H24N6O/c1-15-11-18-22(5-4-6-23(18)31-3)30(15)10-9-25-24-13-20(26-14-27-24)17-7-8-19-21(12-17)29-16(2)28-19/h4-8,11-14H,9-10H2,1-3H3,(H,28,29)(H,25,26,27). The maximum Gasteiger partial charge on any atom is 0.130 e. The van der Waals surface area contributed by atoms with Gasteiger partial charge in [-0.1, -0.05) is 12.1 Å². The van der Waals surface area contributed by atoms with Crippen LogP contribution in [0, 0.1) is 13.8 Å². The first-order valence-electron chi connectivity index (χ1n) is 10.3. The minimum absolute atomic E-state index is 0.747. The zero-order valence-corrected chi connectivity index (χ0v) is 17.8. The second-order valence-electron chi connectivity index (χ2n) is 7.60. The lowest BCUT2D eigenvalue weighted by molar-refractivity contribution is 0.420. The average Bonchev–Trinajstić information content (AvgIpc) is 3.31. The number of aromatic amines is 1. The summed E-state index contributed by atoms with van der Waals surface area (Å²) in [5.74, 6) is 2.61. The van der Waals surface area contributed by atoms with Crippen LogP contribution in [0.25, 0.3) is 33.2 Å². The van der Waals surface area contributed by atoms with Gasteiger partial charge in [-0.3, -0.25) is 0 Å². The van der Waals surface area contributed by atoms with E-state index >= 15 is 0 Å². The van der Waals surface area contributed by atoms with Crippen molar-refractivity contribution >= 4 is 27.8 Å². The third-order valence-electron chi connectivity index (χ3n) is 5.54. The summed E-state index contributed by atoms with van der Waals surface area (Å²) in [6.07, 6.45) is 1.60. The Balaban J connectivity index is 1.33. The monoisotopic (exact) mass is 412 g/mol. The van der Waals surface area contributed by atoms with Crippen LogP contribution in [-0.2, 0) is 6.54 Å². The second-order valence-corrected chi connectivity index (χ2v) is 7.60. The number of hydrogen-bond donors (Lipinski definition) is 2. The van der Waals surface area contributed by atoms with E-state index in [9.17, 15) is 0 Å². The normalized spacial score (nSPS) is 11.3. The zero-order valence-electron chi connectivity index (χ0n) is 17.8. The number of hydrogen-bond acceptors (Lipinski definition) is 5. The molecule has 156 valence electrons. The molecular formula is C24H24N6O. The molecule has 0 saturated heterocycles. The number of nitrogens with zero attached hydrogens (tertiary/aromatic N) is 4. The van der Waals surface area contributed by atoms with Gasteiger partial charge in [0, 0.05) is 35.8 Å². The van der Waals surface area contributed by atoms with Crippen molar-refractivity contribution in [1.82, 2.24) is 24.5 Å². The molecule has 0 fully saturated rings. The molecule has 0 atom stereocenters. The first-order chi connectivity index (χ1) is 15.1. The van der Waals surface area contributed by atoms with E-state index in [1.54, 1.807) is 13.4 Å². The number of H-pyrrole nitrogens is 1. The highest BCUT2D eigenvalue weighted by Gasteiger charge is 2.10. The number of aromatic nitrogens is 5. The molecule has 31 heavy (non-hydrogen) atoms. The molecule has 5 aromatic rings. The lowest BCUT2D eigenvalue weighted by Crippen LogP contribution is -2.12. The molecule has 0 amide bonds. The van der Waals surface area contributed by atoms with Gasteiger partial charge in [-0.2, -0.15) is 0 Å². The van der Waals surface area contributed by atoms with Crippen molar-refractivity contribution in [3.8, 4) is 17.0 Å². The van der Waals surface area contributed by atoms with E-state index in [2.05, 4.69) is 54.9 Å². The van der Waals surface area contributed by atoms with Gasteiger partial charge < -0.3 is 19.6 Å². The van der Waals surface area contributed by atoms with Crippen LogP contribution in [0.4, 0.5) is 5.82 Å². The Morgan fingerprint density at radius 1 is 1.06 bits per heavy atom. The van der Waals surface area contributed by atoms with Gasteiger partial charge in [0.1, 0.15) is 23.7 Å². The first kappa shape index (κ1) is 19.1. The minimum Gasteiger partial charge on any atom is -0.496 e. The highest BCUT2D eigenvalue weighted by atomic mass is 16.5. The summed E-state index contributed by atoms with van der Waals surface area (Å²) in [6, 6.07) is 16.4. The molecule has 3 heterocycles. The van der Waals surface area contributed by atoms with Crippen LogP contribution < -0.4 is 10.1 Å². The Bertz CT molecular complexity index is 1380. The maximum absolute atomic E-state index is 5.50. The van der Waals surface area contributed by atoms with Gasteiger partial charge in [0.15, 0.2) is 0 Å². The largest absolute Gasteiger partial charge is 0.496 e. The van der Waals surface area contributed by atoms with Crippen molar-refractivity contribution in [3.63, 3.8) is 0 Å². The molecule has 5 rings (SSSR count). The molecule has 0 radical (unpaired) electrons. The molecule has 7 nitrogen and oxygen atoms in total. The van der Waals surface area contributed by atoms with E-state index in [0.717, 1.165) is 58.2 Å². The number of benzene rings is 2.